The van der Waals surface area contributed by atoms with Gasteiger partial charge in [-0.2, -0.15) is 0 Å². The third-order valence-electron chi connectivity index (χ3n) is 13.9. The molecule has 0 spiro atoms. The van der Waals surface area contributed by atoms with E-state index >= 15 is 0 Å². The molecule has 3 aliphatic rings. The second kappa shape index (κ2) is 22.2. The van der Waals surface area contributed by atoms with E-state index < -0.39 is 29.3 Å². The van der Waals surface area contributed by atoms with E-state index in [1.54, 1.807) is 30.3 Å². The van der Waals surface area contributed by atoms with Crippen molar-refractivity contribution in [1.29, 1.82) is 0 Å². The van der Waals surface area contributed by atoms with Gasteiger partial charge in [-0.1, -0.05) is 64.6 Å². The fourth-order valence-corrected chi connectivity index (χ4v) is 10.1. The molecule has 5 heterocycles. The molecule has 3 saturated heterocycles. The number of fused-ring (bicyclic) bond motifs is 1. The molecule has 3 fully saturated rings. The molecule has 3 aliphatic heterocycles. The van der Waals surface area contributed by atoms with Crippen LogP contribution >= 0.6 is 0 Å². The molecule has 69 heavy (non-hydrogen) atoms. The van der Waals surface area contributed by atoms with Gasteiger partial charge in [-0.3, -0.25) is 34.0 Å². The minimum atomic E-state index is -0.931. The summed E-state index contributed by atoms with van der Waals surface area (Å²) in [6, 6.07) is 16.9. The number of amides is 4. The van der Waals surface area contributed by atoms with Gasteiger partial charge in [-0.05, 0) is 91.1 Å². The fourth-order valence-electron chi connectivity index (χ4n) is 10.1. The molecule has 370 valence electrons. The van der Waals surface area contributed by atoms with Gasteiger partial charge in [0.25, 0.3) is 5.91 Å². The molecule has 0 aliphatic carbocycles. The largest absolute Gasteiger partial charge is 0.465 e. The van der Waals surface area contributed by atoms with E-state index in [2.05, 4.69) is 72.1 Å². The molecule has 15 nitrogen and oxygen atoms in total. The summed E-state index contributed by atoms with van der Waals surface area (Å²) < 4.78 is 19.6. The lowest BCUT2D eigenvalue weighted by molar-refractivity contribution is -0.146. The molecule has 0 unspecified atom stereocenters. The van der Waals surface area contributed by atoms with Crippen molar-refractivity contribution in [2.45, 2.75) is 98.4 Å². The summed E-state index contributed by atoms with van der Waals surface area (Å²) >= 11 is 0. The Kier molecular flexibility index (Phi) is 16.4. The first-order valence-electron chi connectivity index (χ1n) is 24.5. The molecule has 0 saturated carbocycles. The molecule has 0 radical (unpaired) electrons. The first-order valence-corrected chi connectivity index (χ1v) is 24.5. The molecule has 2 N–H and O–H groups in total. The molecule has 4 atom stereocenters. The summed E-state index contributed by atoms with van der Waals surface area (Å²) in [5.41, 5.74) is 10.6. The van der Waals surface area contributed by atoms with E-state index in [-0.39, 0.29) is 55.3 Å². The molecule has 0 bridgehead atoms. The second-order valence-corrected chi connectivity index (χ2v) is 20.2. The lowest BCUT2D eigenvalue weighted by Gasteiger charge is -2.35. The van der Waals surface area contributed by atoms with E-state index in [0.717, 1.165) is 69.5 Å². The number of benzene rings is 2. The number of ether oxygens (including phenoxy) is 3. The number of rotatable bonds is 19. The van der Waals surface area contributed by atoms with Crippen LogP contribution in [0, 0.1) is 23.2 Å². The number of hydrazine groups is 1. The Hall–Kier alpha value is -5.90. The summed E-state index contributed by atoms with van der Waals surface area (Å²) in [6.45, 7) is 19.2. The highest BCUT2D eigenvalue weighted by Crippen LogP contribution is 2.42. The minimum Gasteiger partial charge on any atom is -0.465 e. The second-order valence-electron chi connectivity index (χ2n) is 20.2. The van der Waals surface area contributed by atoms with Crippen LogP contribution in [0.25, 0.3) is 33.3 Å². The van der Waals surface area contributed by atoms with Crippen molar-refractivity contribution in [3.8, 4) is 22.4 Å². The first kappa shape index (κ1) is 51.0. The van der Waals surface area contributed by atoms with Crippen LogP contribution in [-0.4, -0.2) is 126 Å². The standard InChI is InChI=1S/C54H71N7O8/c1-10-47(63)59-24-20-41(30-59)52(65)58(8)49(34(2)3)51(64)57-45(53(66)61-23-12-11-22-56-61)26-37-15-13-16-39(25-37)40-18-19-46-43(27-40)44(28-54(6,7)33-69-36(5)62)50(60(46)29-38-31-68-32-38)42-17-14-21-55-48(42)35(4)67-9/h10,13-19,21,25,27,34-35,38,41,45,49,56H,1,11-12,20,22-24,26,28-33H2,2-9H3,(H,57,64)/t35-,41-,45-,49-/m0/s1. The minimum absolute atomic E-state index is 0.212. The average molecular weight is 946 g/mol. The zero-order valence-corrected chi connectivity index (χ0v) is 41.7. The van der Waals surface area contributed by atoms with Gasteiger partial charge in [0, 0.05) is 94.2 Å². The highest BCUT2D eigenvalue weighted by molar-refractivity contribution is 5.96. The summed E-state index contributed by atoms with van der Waals surface area (Å²) in [5.74, 6) is -1.79. The number of hydrogen-bond acceptors (Lipinski definition) is 10. The van der Waals surface area contributed by atoms with E-state index in [0.29, 0.717) is 51.6 Å². The molecule has 2 aromatic heterocycles. The maximum absolute atomic E-state index is 14.4. The first-order chi connectivity index (χ1) is 33.0. The van der Waals surface area contributed by atoms with Crippen molar-refractivity contribution in [2.24, 2.45) is 23.2 Å². The maximum atomic E-state index is 14.4. The maximum Gasteiger partial charge on any atom is 0.302 e. The number of carbonyl (C=O) groups is 5. The number of carbonyl (C=O) groups excluding carboxylic acids is 5. The van der Waals surface area contributed by atoms with Crippen molar-refractivity contribution < 1.29 is 38.2 Å². The Morgan fingerprint density at radius 1 is 1.03 bits per heavy atom. The average Bonchev–Trinajstić information content (AvgIpc) is 3.94. The quantitative estimate of drug-likeness (QED) is 0.0781. The van der Waals surface area contributed by atoms with E-state index in [1.807, 2.05) is 39.0 Å². The van der Waals surface area contributed by atoms with Gasteiger partial charge in [-0.25, -0.2) is 5.43 Å². The Morgan fingerprint density at radius 2 is 1.80 bits per heavy atom. The third-order valence-corrected chi connectivity index (χ3v) is 13.9. The van der Waals surface area contributed by atoms with Gasteiger partial charge in [0.1, 0.15) is 12.1 Å². The third kappa shape index (κ3) is 11.8. The molecular weight excluding hydrogens is 875 g/mol. The topological polar surface area (TPSA) is 165 Å². The van der Waals surface area contributed by atoms with Crippen molar-refractivity contribution in [3.05, 3.63) is 90.3 Å². The number of hydrogen-bond donors (Lipinski definition) is 2. The lowest BCUT2D eigenvalue weighted by atomic mass is 9.84. The number of nitrogens with zero attached hydrogens (tertiary/aromatic N) is 5. The number of aromatic nitrogens is 2. The molecular formula is C54H71N7O8. The Bertz CT molecular complexity index is 2520. The zero-order chi connectivity index (χ0) is 49.6. The number of likely N-dealkylation sites (tertiary alicyclic amines) is 1. The van der Waals surface area contributed by atoms with Crippen molar-refractivity contribution in [2.75, 3.05) is 60.2 Å². The van der Waals surface area contributed by atoms with Crippen molar-refractivity contribution >= 4 is 40.5 Å². The highest BCUT2D eigenvalue weighted by atomic mass is 16.5. The predicted octanol–water partition coefficient (Wildman–Crippen LogP) is 6.53. The predicted molar refractivity (Wildman–Crippen MR) is 265 cm³/mol. The Morgan fingerprint density at radius 3 is 2.46 bits per heavy atom. The summed E-state index contributed by atoms with van der Waals surface area (Å²) in [6.07, 6.45) is 5.86. The SMILES string of the molecule is C=CC(=O)N1CC[C@H](C(=O)N(C)[C@H](C(=O)N[C@@H](Cc2cccc(-c3ccc4c(c3)c(CC(C)(C)COC(C)=O)c(-c3cccnc3[C@H](C)OC)n4CC3COC3)c2)C(=O)N2CCCCN2)C(C)C)C1. The van der Waals surface area contributed by atoms with Crippen LogP contribution in [0.2, 0.25) is 0 Å². The highest BCUT2D eigenvalue weighted by Gasteiger charge is 2.39. The Labute approximate surface area is 406 Å². The van der Waals surface area contributed by atoms with Crippen LogP contribution < -0.4 is 10.7 Å². The molecule has 7 rings (SSSR count). The fraction of sp³-hybridized carbons (Fsp3) is 0.519. The summed E-state index contributed by atoms with van der Waals surface area (Å²) in [7, 11) is 3.32. The van der Waals surface area contributed by atoms with E-state index in [4.69, 9.17) is 19.2 Å². The molecule has 4 aromatic rings. The van der Waals surface area contributed by atoms with Crippen LogP contribution in [0.5, 0.6) is 0 Å². The number of methoxy groups -OCH3 is 1. The van der Waals surface area contributed by atoms with Gasteiger partial charge in [0.15, 0.2) is 0 Å². The van der Waals surface area contributed by atoms with Crippen molar-refractivity contribution in [1.82, 2.24) is 35.1 Å². The van der Waals surface area contributed by atoms with Gasteiger partial charge < -0.3 is 33.9 Å². The van der Waals surface area contributed by atoms with Crippen LogP contribution in [0.15, 0.2) is 73.4 Å². The Balaban J connectivity index is 1.25. The van der Waals surface area contributed by atoms with Crippen LogP contribution in [0.4, 0.5) is 0 Å². The van der Waals surface area contributed by atoms with Crippen molar-refractivity contribution in [3.63, 3.8) is 0 Å². The van der Waals surface area contributed by atoms with Gasteiger partial charge in [0.05, 0.1) is 43.2 Å². The molecule has 2 aromatic carbocycles. The van der Waals surface area contributed by atoms with E-state index in [9.17, 15) is 24.0 Å². The smallest absolute Gasteiger partial charge is 0.302 e. The van der Waals surface area contributed by atoms with Gasteiger partial charge in [0.2, 0.25) is 17.7 Å². The number of pyridine rings is 1. The van der Waals surface area contributed by atoms with E-state index in [1.165, 1.54) is 17.9 Å². The zero-order valence-electron chi connectivity index (χ0n) is 41.7. The molecule has 15 heteroatoms. The van der Waals surface area contributed by atoms with Gasteiger partial charge >= 0.3 is 5.97 Å². The number of esters is 1. The lowest BCUT2D eigenvalue weighted by Crippen LogP contribution is -2.59. The normalized spacial score (nSPS) is 17.8. The van der Waals surface area contributed by atoms with Crippen LogP contribution in [-0.2, 0) is 57.6 Å². The van der Waals surface area contributed by atoms with Crippen LogP contribution in [0.3, 0.4) is 0 Å². The number of nitrogens with one attached hydrogen (secondary N) is 2. The van der Waals surface area contributed by atoms with Crippen LogP contribution in [0.1, 0.15) is 83.7 Å². The monoisotopic (exact) mass is 946 g/mol. The number of likely N-dealkylation sites (N-methyl/N-ethyl adjacent to an activating group) is 1. The summed E-state index contributed by atoms with van der Waals surface area (Å²) in [5, 5.41) is 5.78. The molecule has 4 amide bonds. The van der Waals surface area contributed by atoms with Gasteiger partial charge in [-0.15, -0.1) is 0 Å². The summed E-state index contributed by atoms with van der Waals surface area (Å²) in [4.78, 5) is 75.1.